The van der Waals surface area contributed by atoms with E-state index < -0.39 is 21.8 Å². The van der Waals surface area contributed by atoms with Gasteiger partial charge in [-0.15, -0.1) is 0 Å². The van der Waals surface area contributed by atoms with Gasteiger partial charge in [0.1, 0.15) is 0 Å². The van der Waals surface area contributed by atoms with Crippen LogP contribution in [0.4, 0.5) is 0 Å². The summed E-state index contributed by atoms with van der Waals surface area (Å²) in [5, 5.41) is 0. The molecule has 28 heavy (non-hydrogen) atoms. The van der Waals surface area contributed by atoms with Crippen LogP contribution < -0.4 is 9.81 Å². The van der Waals surface area contributed by atoms with E-state index in [1.54, 1.807) is 9.81 Å². The van der Waals surface area contributed by atoms with Gasteiger partial charge >= 0.3 is 180 Å². The molecule has 0 unspecified atom stereocenters. The fourth-order valence-electron chi connectivity index (χ4n) is 3.66. The fourth-order valence-corrected chi connectivity index (χ4v) is 13.6. The van der Waals surface area contributed by atoms with E-state index in [1.165, 1.54) is 22.3 Å². The van der Waals surface area contributed by atoms with Crippen LogP contribution in [0, 0.1) is 6.92 Å². The molecule has 0 aliphatic rings. The van der Waals surface area contributed by atoms with Crippen LogP contribution >= 0.6 is 0 Å². The number of aryl methyl sites for hydroxylation is 3. The van der Waals surface area contributed by atoms with Crippen molar-refractivity contribution >= 4 is 31.6 Å². The van der Waals surface area contributed by atoms with E-state index in [4.69, 9.17) is 0 Å². The first kappa shape index (κ1) is 21.2. The first-order valence-corrected chi connectivity index (χ1v) is 15.5. The van der Waals surface area contributed by atoms with Crippen molar-refractivity contribution in [2.45, 2.75) is 40.2 Å². The van der Waals surface area contributed by atoms with Gasteiger partial charge in [0.15, 0.2) is 0 Å². The molecule has 146 valence electrons. The summed E-state index contributed by atoms with van der Waals surface area (Å²) >= 11 is -2.38. The van der Waals surface area contributed by atoms with Gasteiger partial charge in [0, 0.05) is 0 Å². The first-order valence-electron chi connectivity index (χ1n) is 10.2. The monoisotopic (exact) mass is 567 g/mol. The molecule has 2 heteroatoms. The summed E-state index contributed by atoms with van der Waals surface area (Å²) in [6, 6.07) is 25.9. The molecule has 0 saturated heterocycles. The minimum absolute atomic E-state index is 1.00. The standard InChI is InChI=1S/C10H14N.2C8H9.Bi/c1-9-5-4-6-10(7-9)8-11(2)3;2*1-2-8-6-4-3-5-7-8;/h4-5,7H,8H2,1-3H3;2*3-4,6-7H,2H2,1H3;. The zero-order chi connectivity index (χ0) is 20.1. The van der Waals surface area contributed by atoms with Crippen LogP contribution in [-0.2, 0) is 19.4 Å². The Morgan fingerprint density at radius 2 is 1.32 bits per heavy atom. The molecule has 0 fully saturated rings. The Labute approximate surface area is 179 Å². The van der Waals surface area contributed by atoms with Crippen LogP contribution in [0.5, 0.6) is 0 Å². The van der Waals surface area contributed by atoms with Gasteiger partial charge in [-0.2, -0.15) is 0 Å². The molecular formula is C26H32BiN. The van der Waals surface area contributed by atoms with E-state index in [0.717, 1.165) is 19.4 Å². The topological polar surface area (TPSA) is 3.24 Å². The Hall–Kier alpha value is -1.50. The van der Waals surface area contributed by atoms with Gasteiger partial charge in [-0.05, 0) is 0 Å². The zero-order valence-electron chi connectivity index (χ0n) is 17.9. The van der Waals surface area contributed by atoms with Crippen molar-refractivity contribution in [3.8, 4) is 0 Å². The second kappa shape index (κ2) is 9.81. The quantitative estimate of drug-likeness (QED) is 0.394. The maximum absolute atomic E-state index is 2.48. The van der Waals surface area contributed by atoms with Crippen molar-refractivity contribution < 1.29 is 0 Å². The second-order valence-corrected chi connectivity index (χ2v) is 16.2. The molecule has 3 rings (SSSR count). The fraction of sp³-hybridized carbons (Fsp3) is 0.308. The molecule has 3 aromatic rings. The van der Waals surface area contributed by atoms with Crippen LogP contribution in [0.15, 0.2) is 66.7 Å². The molecule has 0 aromatic heterocycles. The molecule has 0 atom stereocenters. The van der Waals surface area contributed by atoms with Crippen LogP contribution in [0.3, 0.4) is 0 Å². The average molecular weight is 568 g/mol. The summed E-state index contributed by atoms with van der Waals surface area (Å²) in [6.45, 7) is 7.72. The van der Waals surface area contributed by atoms with Crippen molar-refractivity contribution in [1.82, 2.24) is 4.90 Å². The van der Waals surface area contributed by atoms with Gasteiger partial charge in [0.2, 0.25) is 0 Å². The van der Waals surface area contributed by atoms with Crippen molar-refractivity contribution in [1.29, 1.82) is 0 Å². The van der Waals surface area contributed by atoms with E-state index in [2.05, 4.69) is 106 Å². The molecule has 1 nitrogen and oxygen atoms in total. The molecule has 0 radical (unpaired) electrons. The van der Waals surface area contributed by atoms with Crippen molar-refractivity contribution in [2.24, 2.45) is 0 Å². The molecule has 0 aliphatic heterocycles. The van der Waals surface area contributed by atoms with Crippen molar-refractivity contribution in [2.75, 3.05) is 14.1 Å². The molecule has 0 amide bonds. The maximum atomic E-state index is 2.48. The molecule has 0 heterocycles. The summed E-state index contributed by atoms with van der Waals surface area (Å²) in [6.07, 6.45) is 2.19. The molecule has 0 aliphatic carbocycles. The van der Waals surface area contributed by atoms with Gasteiger partial charge in [-0.3, -0.25) is 0 Å². The molecule has 0 saturated carbocycles. The molecule has 0 spiro atoms. The Morgan fingerprint density at radius 1 is 0.750 bits per heavy atom. The van der Waals surface area contributed by atoms with Crippen LogP contribution in [0.2, 0.25) is 0 Å². The second-order valence-electron chi connectivity index (χ2n) is 7.75. The summed E-state index contributed by atoms with van der Waals surface area (Å²) in [7, 11) is 4.34. The van der Waals surface area contributed by atoms with Gasteiger partial charge in [0.25, 0.3) is 0 Å². The Balaban J connectivity index is 2.21. The number of nitrogens with zero attached hydrogens (tertiary/aromatic N) is 1. The third-order valence-corrected chi connectivity index (χ3v) is 14.9. The summed E-state index contributed by atoms with van der Waals surface area (Å²) in [5.41, 5.74) is 5.76. The van der Waals surface area contributed by atoms with E-state index in [-0.39, 0.29) is 0 Å². The normalized spacial score (nSPS) is 11.4. The Morgan fingerprint density at radius 3 is 1.82 bits per heavy atom. The Kier molecular flexibility index (Phi) is 7.44. The zero-order valence-corrected chi connectivity index (χ0v) is 21.3. The van der Waals surface area contributed by atoms with Gasteiger partial charge < -0.3 is 0 Å². The first-order chi connectivity index (χ1) is 13.5. The molecular weight excluding hydrogens is 535 g/mol. The Bertz CT molecular complexity index is 882. The summed E-state index contributed by atoms with van der Waals surface area (Å²) in [5.74, 6) is 0. The predicted molar refractivity (Wildman–Crippen MR) is 125 cm³/mol. The van der Waals surface area contributed by atoms with E-state index in [1.807, 2.05) is 0 Å². The van der Waals surface area contributed by atoms with E-state index in [9.17, 15) is 0 Å². The predicted octanol–water partition coefficient (Wildman–Crippen LogP) is 3.70. The number of benzene rings is 3. The van der Waals surface area contributed by atoms with E-state index >= 15 is 0 Å². The van der Waals surface area contributed by atoms with Gasteiger partial charge in [-0.25, -0.2) is 0 Å². The average Bonchev–Trinajstić information content (AvgIpc) is 2.70. The third-order valence-electron chi connectivity index (χ3n) is 5.12. The van der Waals surface area contributed by atoms with Gasteiger partial charge in [-0.1, -0.05) is 0 Å². The molecule has 0 N–H and O–H groups in total. The third kappa shape index (κ3) is 5.10. The number of rotatable bonds is 7. The summed E-state index contributed by atoms with van der Waals surface area (Å²) in [4.78, 5) is 2.30. The van der Waals surface area contributed by atoms with Crippen LogP contribution in [0.1, 0.15) is 36.1 Å². The van der Waals surface area contributed by atoms with Crippen molar-refractivity contribution in [3.63, 3.8) is 0 Å². The SMILES string of the molecule is CCc1ccc[c]([Bi]([c]2cccc(CC)c2)[c]2ccc(C)cc2CN(C)C)c1. The van der Waals surface area contributed by atoms with Crippen molar-refractivity contribution in [3.05, 3.63) is 89.0 Å². The minimum atomic E-state index is -2.38. The molecule has 3 aromatic carbocycles. The van der Waals surface area contributed by atoms with Crippen LogP contribution in [-0.4, -0.2) is 40.7 Å². The van der Waals surface area contributed by atoms with Crippen LogP contribution in [0.25, 0.3) is 0 Å². The van der Waals surface area contributed by atoms with E-state index in [0.29, 0.717) is 0 Å². The van der Waals surface area contributed by atoms with Gasteiger partial charge in [0.05, 0.1) is 0 Å². The summed E-state index contributed by atoms with van der Waals surface area (Å²) < 4.78 is 4.80. The molecule has 0 bridgehead atoms. The number of hydrogen-bond donors (Lipinski definition) is 0. The number of hydrogen-bond acceptors (Lipinski definition) is 1.